The summed E-state index contributed by atoms with van der Waals surface area (Å²) in [5.74, 6) is -0.141. The maximum Gasteiger partial charge on any atom is 0.259 e. The van der Waals surface area contributed by atoms with Crippen LogP contribution in [0, 0.1) is 0 Å². The first kappa shape index (κ1) is 14.8. The Balaban J connectivity index is 1.50. The van der Waals surface area contributed by atoms with Gasteiger partial charge < -0.3 is 14.6 Å². The zero-order chi connectivity index (χ0) is 16.4. The highest BCUT2D eigenvalue weighted by Crippen LogP contribution is 2.22. The number of carbonyl (C=O) groups excluding carboxylic acids is 1. The van der Waals surface area contributed by atoms with Crippen LogP contribution in [-0.4, -0.2) is 28.4 Å². The summed E-state index contributed by atoms with van der Waals surface area (Å²) >= 11 is 0. The van der Waals surface area contributed by atoms with E-state index in [2.05, 4.69) is 27.3 Å². The van der Waals surface area contributed by atoms with Crippen LogP contribution in [0.2, 0.25) is 0 Å². The third-order valence-electron chi connectivity index (χ3n) is 4.51. The lowest BCUT2D eigenvalue weighted by Gasteiger charge is -2.28. The van der Waals surface area contributed by atoms with E-state index in [0.717, 1.165) is 18.8 Å². The molecule has 24 heavy (non-hydrogen) atoms. The largest absolute Gasteiger partial charge is 0.372 e. The minimum atomic E-state index is -0.141. The Morgan fingerprint density at radius 3 is 2.58 bits per heavy atom. The number of imidazole rings is 1. The van der Waals surface area contributed by atoms with E-state index in [1.54, 1.807) is 12.3 Å². The Hall–Kier alpha value is -2.82. The van der Waals surface area contributed by atoms with Crippen LogP contribution < -0.4 is 10.2 Å². The number of rotatable bonds is 3. The minimum absolute atomic E-state index is 0.141. The van der Waals surface area contributed by atoms with Crippen molar-refractivity contribution >= 4 is 22.9 Å². The van der Waals surface area contributed by atoms with Gasteiger partial charge in [0.05, 0.1) is 5.56 Å². The molecule has 3 aromatic rings. The smallest absolute Gasteiger partial charge is 0.259 e. The maximum atomic E-state index is 12.5. The Bertz CT molecular complexity index is 847. The SMILES string of the molecule is O=C(Nc1ccc(N2CCCCC2)cc1)c1cccn2ccnc12. The number of nitrogens with one attached hydrogen (secondary N) is 1. The molecule has 1 aliphatic rings. The molecule has 3 heterocycles. The molecule has 1 N–H and O–H groups in total. The second-order valence-corrected chi connectivity index (χ2v) is 6.13. The van der Waals surface area contributed by atoms with Crippen LogP contribution in [0.1, 0.15) is 29.6 Å². The lowest BCUT2D eigenvalue weighted by Crippen LogP contribution is -2.29. The topological polar surface area (TPSA) is 49.6 Å². The minimum Gasteiger partial charge on any atom is -0.372 e. The van der Waals surface area contributed by atoms with Gasteiger partial charge in [0.2, 0.25) is 0 Å². The quantitative estimate of drug-likeness (QED) is 0.802. The molecular formula is C19H20N4O. The third-order valence-corrected chi connectivity index (χ3v) is 4.51. The number of anilines is 2. The standard InChI is InChI=1S/C19H20N4O/c24-19(17-5-4-13-23-14-10-20-18(17)23)21-15-6-8-16(9-7-15)22-11-2-1-3-12-22/h4-10,13-14H,1-3,11-12H2,(H,21,24). The number of fused-ring (bicyclic) bond motifs is 1. The van der Waals surface area contributed by atoms with Crippen LogP contribution in [-0.2, 0) is 0 Å². The molecule has 0 radical (unpaired) electrons. The average molecular weight is 320 g/mol. The fourth-order valence-corrected chi connectivity index (χ4v) is 3.23. The van der Waals surface area contributed by atoms with Crippen molar-refractivity contribution in [3.63, 3.8) is 0 Å². The van der Waals surface area contributed by atoms with Crippen LogP contribution in [0.4, 0.5) is 11.4 Å². The van der Waals surface area contributed by atoms with Crippen molar-refractivity contribution in [1.29, 1.82) is 0 Å². The molecule has 1 aromatic carbocycles. The molecular weight excluding hydrogens is 300 g/mol. The Labute approximate surface area is 140 Å². The summed E-state index contributed by atoms with van der Waals surface area (Å²) in [5.41, 5.74) is 3.26. The Kier molecular flexibility index (Phi) is 3.91. The normalized spacial score (nSPS) is 14.8. The molecule has 5 nitrogen and oxygen atoms in total. The summed E-state index contributed by atoms with van der Waals surface area (Å²) in [5, 5.41) is 2.96. The summed E-state index contributed by atoms with van der Waals surface area (Å²) in [7, 11) is 0. The molecule has 0 spiro atoms. The van der Waals surface area contributed by atoms with E-state index >= 15 is 0 Å². The molecule has 0 saturated carbocycles. The molecule has 1 aliphatic heterocycles. The van der Waals surface area contributed by atoms with Gasteiger partial charge in [-0.2, -0.15) is 0 Å². The van der Waals surface area contributed by atoms with Gasteiger partial charge >= 0.3 is 0 Å². The summed E-state index contributed by atoms with van der Waals surface area (Å²) in [6.07, 6.45) is 9.25. The number of benzene rings is 1. The van der Waals surface area contributed by atoms with Crippen molar-refractivity contribution in [2.75, 3.05) is 23.3 Å². The van der Waals surface area contributed by atoms with Crippen LogP contribution in [0.5, 0.6) is 0 Å². The number of amides is 1. The number of aromatic nitrogens is 2. The van der Waals surface area contributed by atoms with Crippen molar-refractivity contribution in [2.24, 2.45) is 0 Å². The molecule has 0 unspecified atom stereocenters. The van der Waals surface area contributed by atoms with Crippen LogP contribution in [0.15, 0.2) is 55.0 Å². The highest BCUT2D eigenvalue weighted by molar-refractivity contribution is 6.08. The van der Waals surface area contributed by atoms with E-state index in [4.69, 9.17) is 0 Å². The van der Waals surface area contributed by atoms with Crippen LogP contribution >= 0.6 is 0 Å². The van der Waals surface area contributed by atoms with Gasteiger partial charge in [-0.1, -0.05) is 0 Å². The lowest BCUT2D eigenvalue weighted by atomic mass is 10.1. The monoisotopic (exact) mass is 320 g/mol. The summed E-state index contributed by atoms with van der Waals surface area (Å²) in [6, 6.07) is 11.7. The number of piperidine rings is 1. The first-order valence-corrected chi connectivity index (χ1v) is 8.39. The molecule has 1 fully saturated rings. The summed E-state index contributed by atoms with van der Waals surface area (Å²) < 4.78 is 1.84. The second-order valence-electron chi connectivity index (χ2n) is 6.13. The molecule has 0 atom stereocenters. The van der Waals surface area contributed by atoms with E-state index in [9.17, 15) is 4.79 Å². The molecule has 1 saturated heterocycles. The van der Waals surface area contributed by atoms with Gasteiger partial charge in [-0.05, 0) is 55.7 Å². The number of nitrogens with zero attached hydrogens (tertiary/aromatic N) is 3. The van der Waals surface area contributed by atoms with Gasteiger partial charge in [0, 0.05) is 43.1 Å². The molecule has 122 valence electrons. The van der Waals surface area contributed by atoms with Crippen LogP contribution in [0.25, 0.3) is 5.65 Å². The number of hydrogen-bond acceptors (Lipinski definition) is 3. The molecule has 0 aliphatic carbocycles. The van der Waals surface area contributed by atoms with Crippen molar-refractivity contribution < 1.29 is 4.79 Å². The van der Waals surface area contributed by atoms with E-state index in [1.807, 2.05) is 35.0 Å². The molecule has 1 amide bonds. The predicted molar refractivity (Wildman–Crippen MR) is 95.7 cm³/mol. The predicted octanol–water partition coefficient (Wildman–Crippen LogP) is 3.58. The van der Waals surface area contributed by atoms with E-state index in [-0.39, 0.29) is 5.91 Å². The fourth-order valence-electron chi connectivity index (χ4n) is 3.23. The van der Waals surface area contributed by atoms with Crippen molar-refractivity contribution in [1.82, 2.24) is 9.38 Å². The zero-order valence-electron chi connectivity index (χ0n) is 13.5. The number of pyridine rings is 1. The van der Waals surface area contributed by atoms with E-state index in [1.165, 1.54) is 24.9 Å². The third kappa shape index (κ3) is 2.85. The Morgan fingerprint density at radius 2 is 1.79 bits per heavy atom. The van der Waals surface area contributed by atoms with E-state index < -0.39 is 0 Å². The summed E-state index contributed by atoms with van der Waals surface area (Å²) in [6.45, 7) is 2.24. The van der Waals surface area contributed by atoms with E-state index in [0.29, 0.717) is 11.2 Å². The number of hydrogen-bond donors (Lipinski definition) is 1. The van der Waals surface area contributed by atoms with Crippen molar-refractivity contribution in [2.45, 2.75) is 19.3 Å². The Morgan fingerprint density at radius 1 is 1.00 bits per heavy atom. The molecule has 0 bridgehead atoms. The number of carbonyl (C=O) groups is 1. The first-order chi connectivity index (χ1) is 11.8. The first-order valence-electron chi connectivity index (χ1n) is 8.39. The maximum absolute atomic E-state index is 12.5. The van der Waals surface area contributed by atoms with Gasteiger partial charge in [-0.15, -0.1) is 0 Å². The second kappa shape index (κ2) is 6.35. The van der Waals surface area contributed by atoms with Gasteiger partial charge in [0.1, 0.15) is 5.65 Å². The lowest BCUT2D eigenvalue weighted by molar-refractivity contribution is 0.102. The average Bonchev–Trinajstić information content (AvgIpc) is 3.12. The zero-order valence-corrected chi connectivity index (χ0v) is 13.5. The van der Waals surface area contributed by atoms with Gasteiger partial charge in [-0.3, -0.25) is 4.79 Å². The van der Waals surface area contributed by atoms with Crippen molar-refractivity contribution in [3.05, 3.63) is 60.6 Å². The van der Waals surface area contributed by atoms with Gasteiger partial charge in [-0.25, -0.2) is 4.98 Å². The molecule has 4 rings (SSSR count). The summed E-state index contributed by atoms with van der Waals surface area (Å²) in [4.78, 5) is 19.2. The highest BCUT2D eigenvalue weighted by atomic mass is 16.1. The highest BCUT2D eigenvalue weighted by Gasteiger charge is 2.13. The molecule has 5 heteroatoms. The fraction of sp³-hybridized carbons (Fsp3) is 0.263. The van der Waals surface area contributed by atoms with Gasteiger partial charge in [0.15, 0.2) is 0 Å². The van der Waals surface area contributed by atoms with Crippen molar-refractivity contribution in [3.8, 4) is 0 Å². The van der Waals surface area contributed by atoms with Crippen LogP contribution in [0.3, 0.4) is 0 Å². The van der Waals surface area contributed by atoms with Gasteiger partial charge in [0.25, 0.3) is 5.91 Å². The molecule has 2 aromatic heterocycles.